The summed E-state index contributed by atoms with van der Waals surface area (Å²) in [6.07, 6.45) is 0. The van der Waals surface area contributed by atoms with Gasteiger partial charge in [-0.15, -0.1) is 0 Å². The third-order valence-corrected chi connectivity index (χ3v) is 5.58. The molecule has 1 aromatic carbocycles. The standard InChI is InChI=1S/C17H23N3O3S/c1-12-5-7-16(8-6-12)24(22,23)11-14(3)18-17(21)10-20-15(4)9-13(2)19-20/h5-9,14H,10-11H2,1-4H3,(H,18,21)/t14-/m0/s1. The van der Waals surface area contributed by atoms with Crippen LogP contribution < -0.4 is 5.32 Å². The fourth-order valence-corrected chi connectivity index (χ4v) is 3.99. The molecule has 0 radical (unpaired) electrons. The summed E-state index contributed by atoms with van der Waals surface area (Å²) < 4.78 is 26.4. The molecule has 0 unspecified atom stereocenters. The van der Waals surface area contributed by atoms with Crippen LogP contribution in [0.4, 0.5) is 0 Å². The van der Waals surface area contributed by atoms with Crippen molar-refractivity contribution in [3.05, 3.63) is 47.3 Å². The SMILES string of the molecule is Cc1ccc(S(=O)(=O)C[C@H](C)NC(=O)Cn2nc(C)cc2C)cc1. The third kappa shape index (κ3) is 4.67. The molecule has 0 bridgehead atoms. The highest BCUT2D eigenvalue weighted by Crippen LogP contribution is 2.13. The summed E-state index contributed by atoms with van der Waals surface area (Å²) in [4.78, 5) is 12.4. The summed E-state index contributed by atoms with van der Waals surface area (Å²) in [5.41, 5.74) is 2.73. The first-order valence-corrected chi connectivity index (χ1v) is 9.42. The minimum atomic E-state index is -3.44. The van der Waals surface area contributed by atoms with E-state index in [2.05, 4.69) is 10.4 Å². The van der Waals surface area contributed by atoms with Crippen molar-refractivity contribution >= 4 is 15.7 Å². The molecule has 1 aromatic heterocycles. The molecule has 130 valence electrons. The lowest BCUT2D eigenvalue weighted by atomic mass is 10.2. The predicted molar refractivity (Wildman–Crippen MR) is 92.5 cm³/mol. The summed E-state index contributed by atoms with van der Waals surface area (Å²) in [6, 6.07) is 8.11. The fourth-order valence-electron chi connectivity index (χ4n) is 2.50. The van der Waals surface area contributed by atoms with E-state index in [0.717, 1.165) is 17.0 Å². The first kappa shape index (κ1) is 18.2. The van der Waals surface area contributed by atoms with Gasteiger partial charge in [0.2, 0.25) is 5.91 Å². The van der Waals surface area contributed by atoms with Gasteiger partial charge in [-0.1, -0.05) is 17.7 Å². The summed E-state index contributed by atoms with van der Waals surface area (Å²) in [6.45, 7) is 7.40. The number of nitrogens with zero attached hydrogens (tertiary/aromatic N) is 2. The Bertz CT molecular complexity index is 823. The topological polar surface area (TPSA) is 81.1 Å². The fraction of sp³-hybridized carbons (Fsp3) is 0.412. The van der Waals surface area contributed by atoms with Gasteiger partial charge in [-0.25, -0.2) is 8.42 Å². The van der Waals surface area contributed by atoms with Crippen LogP contribution in [-0.2, 0) is 21.2 Å². The molecular weight excluding hydrogens is 326 g/mol. The van der Waals surface area contributed by atoms with Crippen molar-refractivity contribution in [2.45, 2.75) is 45.2 Å². The van der Waals surface area contributed by atoms with Gasteiger partial charge in [0.05, 0.1) is 16.3 Å². The van der Waals surface area contributed by atoms with Crippen molar-refractivity contribution in [2.75, 3.05) is 5.75 Å². The normalized spacial score (nSPS) is 12.8. The molecule has 0 saturated heterocycles. The number of nitrogens with one attached hydrogen (secondary N) is 1. The van der Waals surface area contributed by atoms with Crippen LogP contribution in [0.25, 0.3) is 0 Å². The molecule has 1 heterocycles. The number of aromatic nitrogens is 2. The number of rotatable bonds is 6. The monoisotopic (exact) mass is 349 g/mol. The largest absolute Gasteiger partial charge is 0.351 e. The Morgan fingerprint density at radius 1 is 1.21 bits per heavy atom. The molecule has 0 aliphatic rings. The van der Waals surface area contributed by atoms with Crippen molar-refractivity contribution in [1.29, 1.82) is 0 Å². The van der Waals surface area contributed by atoms with E-state index in [1.807, 2.05) is 26.8 Å². The Balaban J connectivity index is 1.96. The van der Waals surface area contributed by atoms with Crippen LogP contribution in [0.1, 0.15) is 23.9 Å². The molecule has 7 heteroatoms. The van der Waals surface area contributed by atoms with E-state index >= 15 is 0 Å². The minimum absolute atomic E-state index is 0.0780. The highest BCUT2D eigenvalue weighted by molar-refractivity contribution is 7.91. The van der Waals surface area contributed by atoms with Crippen LogP contribution in [0.15, 0.2) is 35.2 Å². The van der Waals surface area contributed by atoms with Crippen LogP contribution in [0.2, 0.25) is 0 Å². The molecule has 0 aliphatic carbocycles. The average molecular weight is 349 g/mol. The van der Waals surface area contributed by atoms with Gasteiger partial charge in [-0.3, -0.25) is 9.48 Å². The lowest BCUT2D eigenvalue weighted by Gasteiger charge is -2.15. The highest BCUT2D eigenvalue weighted by atomic mass is 32.2. The molecule has 24 heavy (non-hydrogen) atoms. The second-order valence-electron chi connectivity index (χ2n) is 6.15. The number of amides is 1. The van der Waals surface area contributed by atoms with Crippen molar-refractivity contribution in [1.82, 2.24) is 15.1 Å². The average Bonchev–Trinajstić information content (AvgIpc) is 2.76. The second kappa shape index (κ2) is 7.17. The minimum Gasteiger partial charge on any atom is -0.351 e. The van der Waals surface area contributed by atoms with Crippen LogP contribution in [-0.4, -0.2) is 35.9 Å². The first-order valence-electron chi connectivity index (χ1n) is 7.77. The molecule has 0 saturated carbocycles. The Hall–Kier alpha value is -2.15. The van der Waals surface area contributed by atoms with Gasteiger partial charge in [0, 0.05) is 11.7 Å². The Morgan fingerprint density at radius 2 is 1.83 bits per heavy atom. The smallest absolute Gasteiger partial charge is 0.241 e. The maximum absolute atomic E-state index is 12.4. The molecule has 2 rings (SSSR count). The Morgan fingerprint density at radius 3 is 2.38 bits per heavy atom. The molecule has 1 amide bonds. The molecule has 2 aromatic rings. The second-order valence-corrected chi connectivity index (χ2v) is 8.18. The van der Waals surface area contributed by atoms with Crippen LogP contribution in [0.3, 0.4) is 0 Å². The molecule has 0 aliphatic heterocycles. The van der Waals surface area contributed by atoms with E-state index < -0.39 is 15.9 Å². The summed E-state index contributed by atoms with van der Waals surface area (Å²) in [5, 5.41) is 6.95. The summed E-state index contributed by atoms with van der Waals surface area (Å²) in [7, 11) is -3.44. The summed E-state index contributed by atoms with van der Waals surface area (Å²) >= 11 is 0. The van der Waals surface area contributed by atoms with Crippen molar-refractivity contribution in [2.24, 2.45) is 0 Å². The zero-order valence-corrected chi connectivity index (χ0v) is 15.2. The van der Waals surface area contributed by atoms with Crippen LogP contribution >= 0.6 is 0 Å². The van der Waals surface area contributed by atoms with Crippen molar-refractivity contribution in [3.63, 3.8) is 0 Å². The number of hydrogen-bond acceptors (Lipinski definition) is 4. The maximum Gasteiger partial charge on any atom is 0.241 e. The first-order chi connectivity index (χ1) is 11.2. The predicted octanol–water partition coefficient (Wildman–Crippen LogP) is 1.79. The van der Waals surface area contributed by atoms with Gasteiger partial charge >= 0.3 is 0 Å². The van der Waals surface area contributed by atoms with E-state index in [1.54, 1.807) is 35.9 Å². The highest BCUT2D eigenvalue weighted by Gasteiger charge is 2.20. The number of carbonyl (C=O) groups is 1. The van der Waals surface area contributed by atoms with Crippen LogP contribution in [0, 0.1) is 20.8 Å². The number of sulfone groups is 1. The summed E-state index contributed by atoms with van der Waals surface area (Å²) in [5.74, 6) is -0.397. The number of hydrogen-bond donors (Lipinski definition) is 1. The molecule has 1 atom stereocenters. The van der Waals surface area contributed by atoms with Gasteiger partial charge in [0.15, 0.2) is 9.84 Å². The van der Waals surface area contributed by atoms with Crippen molar-refractivity contribution in [3.8, 4) is 0 Å². The number of benzene rings is 1. The Labute approximate surface area is 142 Å². The number of carbonyl (C=O) groups excluding carboxylic acids is 1. The van der Waals surface area contributed by atoms with Gasteiger partial charge in [0.1, 0.15) is 6.54 Å². The zero-order valence-electron chi connectivity index (χ0n) is 14.4. The molecule has 6 nitrogen and oxygen atoms in total. The maximum atomic E-state index is 12.4. The van der Waals surface area contributed by atoms with E-state index in [0.29, 0.717) is 0 Å². The molecule has 0 spiro atoms. The number of aryl methyl sites for hydroxylation is 3. The zero-order chi connectivity index (χ0) is 17.9. The molecule has 1 N–H and O–H groups in total. The van der Waals surface area contributed by atoms with Gasteiger partial charge in [-0.2, -0.15) is 5.10 Å². The lowest BCUT2D eigenvalue weighted by Crippen LogP contribution is -2.39. The molecule has 0 fully saturated rings. The molecular formula is C17H23N3O3S. The van der Waals surface area contributed by atoms with Gasteiger partial charge in [-0.05, 0) is 45.9 Å². The van der Waals surface area contributed by atoms with E-state index in [1.165, 1.54) is 0 Å². The van der Waals surface area contributed by atoms with Gasteiger partial charge < -0.3 is 5.32 Å². The van der Waals surface area contributed by atoms with Gasteiger partial charge in [0.25, 0.3) is 0 Å². The third-order valence-electron chi connectivity index (χ3n) is 3.65. The van der Waals surface area contributed by atoms with Crippen LogP contribution in [0.5, 0.6) is 0 Å². The Kier molecular flexibility index (Phi) is 5.43. The quantitative estimate of drug-likeness (QED) is 0.862. The van der Waals surface area contributed by atoms with E-state index in [4.69, 9.17) is 0 Å². The van der Waals surface area contributed by atoms with E-state index in [-0.39, 0.29) is 23.1 Å². The van der Waals surface area contributed by atoms with Crippen molar-refractivity contribution < 1.29 is 13.2 Å². The van der Waals surface area contributed by atoms with E-state index in [9.17, 15) is 13.2 Å². The lowest BCUT2D eigenvalue weighted by molar-refractivity contribution is -0.122.